The highest BCUT2D eigenvalue weighted by atomic mass is 16.3. The van der Waals surface area contributed by atoms with E-state index >= 15 is 0 Å². The largest absolute Gasteiger partial charge is 0.451 e. The molecule has 3 rings (SSSR count). The second-order valence-corrected chi connectivity index (χ2v) is 5.35. The van der Waals surface area contributed by atoms with E-state index in [1.807, 2.05) is 25.1 Å². The van der Waals surface area contributed by atoms with Crippen LogP contribution in [0.2, 0.25) is 0 Å². The summed E-state index contributed by atoms with van der Waals surface area (Å²) in [7, 11) is 0. The van der Waals surface area contributed by atoms with Crippen molar-refractivity contribution in [2.45, 2.75) is 13.0 Å². The molecule has 1 amide bonds. The minimum Gasteiger partial charge on any atom is -0.451 e. The summed E-state index contributed by atoms with van der Waals surface area (Å²) >= 11 is 0. The maximum absolute atomic E-state index is 12.1. The Kier molecular flexibility index (Phi) is 3.46. The summed E-state index contributed by atoms with van der Waals surface area (Å²) in [6.07, 6.45) is -0.395. The van der Waals surface area contributed by atoms with E-state index in [9.17, 15) is 9.90 Å². The molecule has 2 unspecified atom stereocenters. The van der Waals surface area contributed by atoms with Crippen molar-refractivity contribution in [1.82, 2.24) is 10.6 Å². The lowest BCUT2D eigenvalue weighted by atomic mass is 10.1. The predicted molar refractivity (Wildman–Crippen MR) is 75.7 cm³/mol. The van der Waals surface area contributed by atoms with Gasteiger partial charge in [0.25, 0.3) is 5.91 Å². The van der Waals surface area contributed by atoms with Crippen LogP contribution in [0.4, 0.5) is 0 Å². The lowest BCUT2D eigenvalue weighted by Crippen LogP contribution is -2.34. The van der Waals surface area contributed by atoms with E-state index in [4.69, 9.17) is 4.42 Å². The SMILES string of the molecule is Cc1ccc2oc(C(=O)NCC3CNCC3O)cc2c1. The van der Waals surface area contributed by atoms with E-state index in [1.165, 1.54) is 0 Å². The third-order valence-corrected chi connectivity index (χ3v) is 3.72. The van der Waals surface area contributed by atoms with Crippen molar-refractivity contribution >= 4 is 16.9 Å². The second-order valence-electron chi connectivity index (χ2n) is 5.35. The number of hydrogen-bond acceptors (Lipinski definition) is 4. The molecule has 5 nitrogen and oxygen atoms in total. The van der Waals surface area contributed by atoms with Gasteiger partial charge in [0.05, 0.1) is 6.10 Å². The minimum atomic E-state index is -0.395. The standard InChI is InChI=1S/C15H18N2O3/c1-9-2-3-13-10(4-9)5-14(20-13)15(19)17-7-11-6-16-8-12(11)18/h2-5,11-12,16,18H,6-8H2,1H3,(H,17,19). The van der Waals surface area contributed by atoms with Gasteiger partial charge in [0.15, 0.2) is 5.76 Å². The molecule has 0 bridgehead atoms. The molecule has 1 saturated heterocycles. The van der Waals surface area contributed by atoms with Crippen LogP contribution in [0.1, 0.15) is 16.1 Å². The van der Waals surface area contributed by atoms with Gasteiger partial charge in [0.2, 0.25) is 0 Å². The van der Waals surface area contributed by atoms with Gasteiger partial charge in [-0.25, -0.2) is 0 Å². The Morgan fingerprint density at radius 2 is 2.30 bits per heavy atom. The van der Waals surface area contributed by atoms with Crippen LogP contribution in [0.5, 0.6) is 0 Å². The number of amides is 1. The number of aliphatic hydroxyl groups is 1. The van der Waals surface area contributed by atoms with Gasteiger partial charge in [-0.1, -0.05) is 11.6 Å². The Morgan fingerprint density at radius 3 is 3.05 bits per heavy atom. The van der Waals surface area contributed by atoms with E-state index in [0.29, 0.717) is 24.4 Å². The molecule has 20 heavy (non-hydrogen) atoms. The Balaban J connectivity index is 1.69. The molecule has 2 atom stereocenters. The summed E-state index contributed by atoms with van der Waals surface area (Å²) in [4.78, 5) is 12.1. The van der Waals surface area contributed by atoms with Gasteiger partial charge < -0.3 is 20.2 Å². The molecular formula is C15H18N2O3. The molecule has 0 saturated carbocycles. The highest BCUT2D eigenvalue weighted by Crippen LogP contribution is 2.20. The number of β-amino-alcohol motifs (C(OH)–C–C–N with tert-alkyl or cyclic N) is 1. The molecule has 5 heteroatoms. The topological polar surface area (TPSA) is 74.5 Å². The maximum Gasteiger partial charge on any atom is 0.287 e. The first-order valence-corrected chi connectivity index (χ1v) is 6.80. The number of aryl methyl sites for hydroxylation is 1. The summed E-state index contributed by atoms with van der Waals surface area (Å²) in [5, 5.41) is 16.5. The van der Waals surface area contributed by atoms with Crippen molar-refractivity contribution in [3.63, 3.8) is 0 Å². The average Bonchev–Trinajstić information content (AvgIpc) is 3.01. The van der Waals surface area contributed by atoms with Crippen LogP contribution in [-0.4, -0.2) is 36.8 Å². The second kappa shape index (κ2) is 5.26. The quantitative estimate of drug-likeness (QED) is 0.782. The first kappa shape index (κ1) is 13.1. The van der Waals surface area contributed by atoms with Gasteiger partial charge in [-0.2, -0.15) is 0 Å². The zero-order valence-corrected chi connectivity index (χ0v) is 11.3. The first-order valence-electron chi connectivity index (χ1n) is 6.80. The first-order chi connectivity index (χ1) is 9.63. The van der Waals surface area contributed by atoms with Crippen molar-refractivity contribution in [2.24, 2.45) is 5.92 Å². The monoisotopic (exact) mass is 274 g/mol. The van der Waals surface area contributed by atoms with Crippen LogP contribution in [-0.2, 0) is 0 Å². The summed E-state index contributed by atoms with van der Waals surface area (Å²) in [6, 6.07) is 7.56. The fraction of sp³-hybridized carbons (Fsp3) is 0.400. The maximum atomic E-state index is 12.1. The molecule has 0 radical (unpaired) electrons. The Hall–Kier alpha value is -1.85. The predicted octanol–water partition coefficient (Wildman–Crippen LogP) is 1.05. The number of fused-ring (bicyclic) bond motifs is 1. The molecule has 2 aromatic rings. The van der Waals surface area contributed by atoms with E-state index in [0.717, 1.165) is 17.5 Å². The van der Waals surface area contributed by atoms with Gasteiger partial charge in [0, 0.05) is 30.9 Å². The summed E-state index contributed by atoms with van der Waals surface area (Å²) < 4.78 is 5.54. The fourth-order valence-corrected chi connectivity index (χ4v) is 2.51. The zero-order chi connectivity index (χ0) is 14.1. The smallest absolute Gasteiger partial charge is 0.287 e. The van der Waals surface area contributed by atoms with Crippen LogP contribution < -0.4 is 10.6 Å². The number of carbonyl (C=O) groups excluding carboxylic acids is 1. The third-order valence-electron chi connectivity index (χ3n) is 3.72. The highest BCUT2D eigenvalue weighted by Gasteiger charge is 2.25. The zero-order valence-electron chi connectivity index (χ0n) is 11.3. The Labute approximate surface area is 117 Å². The van der Waals surface area contributed by atoms with Gasteiger partial charge >= 0.3 is 0 Å². The van der Waals surface area contributed by atoms with Crippen LogP contribution in [0.3, 0.4) is 0 Å². The lowest BCUT2D eigenvalue weighted by Gasteiger charge is -2.13. The fourth-order valence-electron chi connectivity index (χ4n) is 2.51. The van der Waals surface area contributed by atoms with E-state index < -0.39 is 6.10 Å². The summed E-state index contributed by atoms with van der Waals surface area (Å²) in [5.41, 5.74) is 1.84. The molecule has 1 aromatic carbocycles. The van der Waals surface area contributed by atoms with Crippen LogP contribution in [0.25, 0.3) is 11.0 Å². The van der Waals surface area contributed by atoms with Gasteiger partial charge in [-0.05, 0) is 25.1 Å². The minimum absolute atomic E-state index is 0.0607. The van der Waals surface area contributed by atoms with Crippen molar-refractivity contribution in [1.29, 1.82) is 0 Å². The van der Waals surface area contributed by atoms with Gasteiger partial charge in [-0.3, -0.25) is 4.79 Å². The molecular weight excluding hydrogens is 256 g/mol. The van der Waals surface area contributed by atoms with Gasteiger partial charge in [-0.15, -0.1) is 0 Å². The van der Waals surface area contributed by atoms with Gasteiger partial charge in [0.1, 0.15) is 5.58 Å². The van der Waals surface area contributed by atoms with Crippen molar-refractivity contribution in [2.75, 3.05) is 19.6 Å². The number of furan rings is 1. The number of aliphatic hydroxyl groups excluding tert-OH is 1. The molecule has 1 aliphatic heterocycles. The molecule has 0 aliphatic carbocycles. The molecule has 1 aliphatic rings. The Bertz CT molecular complexity index is 635. The number of carbonyl (C=O) groups is 1. The average molecular weight is 274 g/mol. The van der Waals surface area contributed by atoms with Crippen molar-refractivity contribution < 1.29 is 14.3 Å². The molecule has 0 spiro atoms. The molecule has 2 heterocycles. The number of nitrogens with one attached hydrogen (secondary N) is 2. The molecule has 3 N–H and O–H groups in total. The van der Waals surface area contributed by atoms with Crippen molar-refractivity contribution in [3.8, 4) is 0 Å². The van der Waals surface area contributed by atoms with Crippen LogP contribution in [0, 0.1) is 12.8 Å². The normalized spacial score (nSPS) is 22.3. The van der Waals surface area contributed by atoms with E-state index in [1.54, 1.807) is 6.07 Å². The lowest BCUT2D eigenvalue weighted by molar-refractivity contribution is 0.0902. The van der Waals surface area contributed by atoms with Crippen LogP contribution in [0.15, 0.2) is 28.7 Å². The third kappa shape index (κ3) is 2.55. The number of rotatable bonds is 3. The highest BCUT2D eigenvalue weighted by molar-refractivity contribution is 5.96. The van der Waals surface area contributed by atoms with E-state index in [2.05, 4.69) is 10.6 Å². The van der Waals surface area contributed by atoms with Crippen molar-refractivity contribution in [3.05, 3.63) is 35.6 Å². The number of benzene rings is 1. The molecule has 106 valence electrons. The number of hydrogen-bond donors (Lipinski definition) is 3. The Morgan fingerprint density at radius 1 is 1.45 bits per heavy atom. The summed E-state index contributed by atoms with van der Waals surface area (Å²) in [6.45, 7) is 3.76. The molecule has 1 fully saturated rings. The summed E-state index contributed by atoms with van der Waals surface area (Å²) in [5.74, 6) is 0.134. The van der Waals surface area contributed by atoms with E-state index in [-0.39, 0.29) is 11.8 Å². The molecule has 1 aromatic heterocycles. The van der Waals surface area contributed by atoms with Crippen LogP contribution >= 0.6 is 0 Å².